The van der Waals surface area contributed by atoms with Crippen LogP contribution in [0.1, 0.15) is 19.3 Å². The molecule has 0 aromatic carbocycles. The molecule has 0 aromatic heterocycles. The van der Waals surface area contributed by atoms with Gasteiger partial charge in [-0.1, -0.05) is 19.4 Å². The van der Waals surface area contributed by atoms with Crippen LogP contribution >= 0.6 is 0 Å². The average Bonchev–Trinajstić information content (AvgIpc) is 2.03. The van der Waals surface area contributed by atoms with E-state index < -0.39 is 0 Å². The van der Waals surface area contributed by atoms with E-state index in [1.165, 1.54) is 0 Å². The summed E-state index contributed by atoms with van der Waals surface area (Å²) in [6, 6.07) is 0. The van der Waals surface area contributed by atoms with E-state index in [1.54, 1.807) is 13.1 Å². The average molecular weight is 154 g/mol. The Balaban J connectivity index is 3.86. The molecule has 0 spiro atoms. The second-order valence-corrected chi connectivity index (χ2v) is 2.48. The molecule has 0 saturated heterocycles. The summed E-state index contributed by atoms with van der Waals surface area (Å²) in [7, 11) is 1.65. The number of allylic oxidation sites excluding steroid dienone is 1. The highest BCUT2D eigenvalue weighted by Gasteiger charge is 2.13. The van der Waals surface area contributed by atoms with Crippen molar-refractivity contribution >= 4 is 5.91 Å². The molecule has 2 heteroatoms. The van der Waals surface area contributed by atoms with Gasteiger partial charge < -0.3 is 5.32 Å². The van der Waals surface area contributed by atoms with E-state index in [2.05, 4.69) is 18.8 Å². The smallest absolute Gasteiger partial charge is 0.223 e. The van der Waals surface area contributed by atoms with E-state index in [0.29, 0.717) is 0 Å². The first-order valence-electron chi connectivity index (χ1n) is 3.88. The van der Waals surface area contributed by atoms with E-state index in [4.69, 9.17) is 0 Å². The van der Waals surface area contributed by atoms with Crippen LogP contribution in [0.15, 0.2) is 12.7 Å². The summed E-state index contributed by atoms with van der Waals surface area (Å²) in [6.07, 6.45) is 4.16. The second-order valence-electron chi connectivity index (χ2n) is 2.48. The van der Waals surface area contributed by atoms with Crippen LogP contribution in [0, 0.1) is 12.8 Å². The predicted molar refractivity (Wildman–Crippen MR) is 47.0 cm³/mol. The molecule has 1 atom stereocenters. The Bertz CT molecular complexity index is 132. The number of amides is 1. The lowest BCUT2D eigenvalue weighted by Crippen LogP contribution is -2.26. The third-order valence-corrected chi connectivity index (χ3v) is 1.62. The molecule has 63 valence electrons. The first kappa shape index (κ1) is 10.2. The van der Waals surface area contributed by atoms with Gasteiger partial charge in [0, 0.05) is 13.0 Å². The van der Waals surface area contributed by atoms with Crippen LogP contribution < -0.4 is 5.32 Å². The molecular weight excluding hydrogens is 138 g/mol. The minimum absolute atomic E-state index is 0.0648. The Hall–Kier alpha value is -0.790. The number of rotatable bonds is 5. The van der Waals surface area contributed by atoms with Crippen molar-refractivity contribution < 1.29 is 4.79 Å². The maximum Gasteiger partial charge on any atom is 0.223 e. The van der Waals surface area contributed by atoms with Crippen LogP contribution in [0.2, 0.25) is 0 Å². The highest BCUT2D eigenvalue weighted by atomic mass is 16.1. The Kier molecular flexibility index (Phi) is 5.53. The summed E-state index contributed by atoms with van der Waals surface area (Å²) in [5, 5.41) is 2.62. The van der Waals surface area contributed by atoms with Crippen LogP contribution in [0.5, 0.6) is 0 Å². The van der Waals surface area contributed by atoms with Gasteiger partial charge in [0.1, 0.15) is 0 Å². The number of carbonyl (C=O) groups is 1. The molecule has 1 amide bonds. The molecule has 0 aliphatic carbocycles. The molecule has 0 rings (SSSR count). The third-order valence-electron chi connectivity index (χ3n) is 1.62. The fourth-order valence-electron chi connectivity index (χ4n) is 1.01. The van der Waals surface area contributed by atoms with Gasteiger partial charge in [-0.25, -0.2) is 0 Å². The summed E-state index contributed by atoms with van der Waals surface area (Å²) in [5.74, 6) is 0.156. The maximum atomic E-state index is 11.1. The van der Waals surface area contributed by atoms with Gasteiger partial charge in [0.2, 0.25) is 5.91 Å². The van der Waals surface area contributed by atoms with Crippen molar-refractivity contribution in [3.8, 4) is 0 Å². The summed E-state index contributed by atoms with van der Waals surface area (Å²) in [4.78, 5) is 11.1. The van der Waals surface area contributed by atoms with Gasteiger partial charge in [0.25, 0.3) is 0 Å². The number of nitrogens with one attached hydrogen (secondary N) is 1. The molecule has 0 aliphatic heterocycles. The molecular formula is C9H16NO. The van der Waals surface area contributed by atoms with Gasteiger partial charge in [0.05, 0.1) is 0 Å². The number of hydrogen-bond donors (Lipinski definition) is 1. The van der Waals surface area contributed by atoms with Gasteiger partial charge in [-0.15, -0.1) is 6.58 Å². The van der Waals surface area contributed by atoms with E-state index in [1.807, 2.05) is 0 Å². The third kappa shape index (κ3) is 3.81. The maximum absolute atomic E-state index is 11.1. The van der Waals surface area contributed by atoms with Crippen molar-refractivity contribution in [1.29, 1.82) is 0 Å². The summed E-state index contributed by atoms with van der Waals surface area (Å²) in [6.45, 7) is 7.31. The molecule has 0 heterocycles. The first-order valence-corrected chi connectivity index (χ1v) is 3.88. The first-order chi connectivity index (χ1) is 5.26. The van der Waals surface area contributed by atoms with Crippen LogP contribution in [0.3, 0.4) is 0 Å². The Labute approximate surface area is 68.7 Å². The van der Waals surface area contributed by atoms with Crippen molar-refractivity contribution in [1.82, 2.24) is 5.32 Å². The Morgan fingerprint density at radius 2 is 2.36 bits per heavy atom. The predicted octanol–water partition coefficient (Wildman–Crippen LogP) is 1.54. The van der Waals surface area contributed by atoms with E-state index in [0.717, 1.165) is 19.3 Å². The molecule has 2 nitrogen and oxygen atoms in total. The van der Waals surface area contributed by atoms with Crippen molar-refractivity contribution in [2.24, 2.45) is 5.92 Å². The van der Waals surface area contributed by atoms with Crippen molar-refractivity contribution in [3.05, 3.63) is 19.6 Å². The Morgan fingerprint density at radius 3 is 2.73 bits per heavy atom. The van der Waals surface area contributed by atoms with Crippen LogP contribution in [0.4, 0.5) is 0 Å². The molecule has 1 N–H and O–H groups in total. The normalized spacial score (nSPS) is 12.2. The van der Waals surface area contributed by atoms with Gasteiger partial charge in [-0.05, 0) is 12.8 Å². The van der Waals surface area contributed by atoms with Crippen LogP contribution in [-0.2, 0) is 4.79 Å². The zero-order valence-electron chi connectivity index (χ0n) is 7.10. The standard InChI is InChI=1S/C9H16NO/c1-4-6-8(7-5-2)9(11)10-3/h4,8H,1-2,5-7H2,3H3,(H,10,11). The molecule has 0 bridgehead atoms. The van der Waals surface area contributed by atoms with Crippen molar-refractivity contribution in [2.45, 2.75) is 19.3 Å². The van der Waals surface area contributed by atoms with E-state index in [-0.39, 0.29) is 11.8 Å². The molecule has 0 saturated carbocycles. The Morgan fingerprint density at radius 1 is 1.73 bits per heavy atom. The topological polar surface area (TPSA) is 29.1 Å². The largest absolute Gasteiger partial charge is 0.359 e. The van der Waals surface area contributed by atoms with E-state index in [9.17, 15) is 4.79 Å². The zero-order valence-corrected chi connectivity index (χ0v) is 7.10. The molecule has 11 heavy (non-hydrogen) atoms. The zero-order chi connectivity index (χ0) is 8.69. The van der Waals surface area contributed by atoms with E-state index >= 15 is 0 Å². The molecule has 0 fully saturated rings. The lowest BCUT2D eigenvalue weighted by Gasteiger charge is -2.11. The van der Waals surface area contributed by atoms with Crippen molar-refractivity contribution in [2.75, 3.05) is 7.05 Å². The molecule has 0 aliphatic rings. The summed E-state index contributed by atoms with van der Waals surface area (Å²) >= 11 is 0. The number of carbonyl (C=O) groups excluding carboxylic acids is 1. The van der Waals surface area contributed by atoms with Gasteiger partial charge in [0.15, 0.2) is 0 Å². The highest BCUT2D eigenvalue weighted by Crippen LogP contribution is 2.10. The fourth-order valence-corrected chi connectivity index (χ4v) is 1.01. The second kappa shape index (κ2) is 5.96. The molecule has 1 radical (unpaired) electrons. The minimum Gasteiger partial charge on any atom is -0.359 e. The van der Waals surface area contributed by atoms with Gasteiger partial charge in [-0.2, -0.15) is 0 Å². The summed E-state index contributed by atoms with van der Waals surface area (Å²) < 4.78 is 0. The monoisotopic (exact) mass is 154 g/mol. The fraction of sp³-hybridized carbons (Fsp3) is 0.556. The summed E-state index contributed by atoms with van der Waals surface area (Å²) in [5.41, 5.74) is 0. The lowest BCUT2D eigenvalue weighted by molar-refractivity contribution is -0.124. The lowest BCUT2D eigenvalue weighted by atomic mass is 9.99. The van der Waals surface area contributed by atoms with Gasteiger partial charge >= 0.3 is 0 Å². The quantitative estimate of drug-likeness (QED) is 0.598. The molecule has 1 unspecified atom stereocenters. The number of hydrogen-bond acceptors (Lipinski definition) is 1. The SMILES string of the molecule is [CH2]CCC(CC=C)C(=O)NC. The van der Waals surface area contributed by atoms with Crippen LogP contribution in [-0.4, -0.2) is 13.0 Å². The van der Waals surface area contributed by atoms with Gasteiger partial charge in [-0.3, -0.25) is 4.79 Å². The highest BCUT2D eigenvalue weighted by molar-refractivity contribution is 5.78. The van der Waals surface area contributed by atoms with Crippen molar-refractivity contribution in [3.63, 3.8) is 0 Å². The minimum atomic E-state index is 0.0648. The molecule has 0 aromatic rings. The van der Waals surface area contributed by atoms with Crippen LogP contribution in [0.25, 0.3) is 0 Å².